The molecule has 0 fully saturated rings. The minimum absolute atomic E-state index is 0.0158. The number of amidine groups is 1. The number of aryl methyl sites for hydroxylation is 1. The van der Waals surface area contributed by atoms with Crippen LogP contribution >= 0.6 is 0 Å². The summed E-state index contributed by atoms with van der Waals surface area (Å²) in [6, 6.07) is 5.73. The SMILES string of the molecule is COc1cc(CN(C)Cc2cnn(C)c2)ccc1C(=N)N. The fraction of sp³-hybridized carbons (Fsp3) is 0.333. The van der Waals surface area contributed by atoms with Crippen LogP contribution in [0.1, 0.15) is 16.7 Å². The summed E-state index contributed by atoms with van der Waals surface area (Å²) in [6.07, 6.45) is 3.88. The van der Waals surface area contributed by atoms with Crippen molar-refractivity contribution in [3.63, 3.8) is 0 Å². The number of benzene rings is 1. The highest BCUT2D eigenvalue weighted by molar-refractivity contribution is 5.97. The highest BCUT2D eigenvalue weighted by atomic mass is 16.5. The maximum atomic E-state index is 7.52. The van der Waals surface area contributed by atoms with Crippen molar-refractivity contribution in [1.82, 2.24) is 14.7 Å². The Kier molecular flexibility index (Phi) is 4.59. The number of ether oxygens (including phenoxy) is 1. The average molecular weight is 287 g/mol. The minimum atomic E-state index is 0.0158. The summed E-state index contributed by atoms with van der Waals surface area (Å²) in [5.74, 6) is 0.650. The van der Waals surface area contributed by atoms with Crippen LogP contribution in [-0.4, -0.2) is 34.7 Å². The van der Waals surface area contributed by atoms with Gasteiger partial charge in [0.25, 0.3) is 0 Å². The lowest BCUT2D eigenvalue weighted by atomic mass is 10.1. The van der Waals surface area contributed by atoms with Gasteiger partial charge in [-0.1, -0.05) is 6.07 Å². The fourth-order valence-electron chi connectivity index (χ4n) is 2.29. The van der Waals surface area contributed by atoms with Gasteiger partial charge in [0.1, 0.15) is 11.6 Å². The molecular formula is C15H21N5O. The zero-order valence-corrected chi connectivity index (χ0v) is 12.6. The van der Waals surface area contributed by atoms with Gasteiger partial charge in [0, 0.05) is 31.9 Å². The molecule has 6 nitrogen and oxygen atoms in total. The van der Waals surface area contributed by atoms with E-state index in [-0.39, 0.29) is 5.84 Å². The van der Waals surface area contributed by atoms with Crippen LogP contribution in [0.5, 0.6) is 5.75 Å². The first kappa shape index (κ1) is 15.1. The Balaban J connectivity index is 2.06. The quantitative estimate of drug-likeness (QED) is 0.621. The number of aromatic nitrogens is 2. The molecular weight excluding hydrogens is 266 g/mol. The van der Waals surface area contributed by atoms with Crippen molar-refractivity contribution >= 4 is 5.84 Å². The Morgan fingerprint density at radius 1 is 1.38 bits per heavy atom. The van der Waals surface area contributed by atoms with Gasteiger partial charge < -0.3 is 10.5 Å². The van der Waals surface area contributed by atoms with Crippen LogP contribution in [0.15, 0.2) is 30.6 Å². The van der Waals surface area contributed by atoms with Gasteiger partial charge in [-0.25, -0.2) is 0 Å². The second kappa shape index (κ2) is 6.41. The van der Waals surface area contributed by atoms with E-state index in [0.717, 1.165) is 18.7 Å². The standard InChI is InChI=1S/C15H21N5O/c1-19(9-12-7-18-20(2)10-12)8-11-4-5-13(15(16)17)14(6-11)21-3/h4-7,10H,8-9H2,1-3H3,(H3,16,17). The molecule has 2 rings (SSSR count). The maximum Gasteiger partial charge on any atom is 0.130 e. The van der Waals surface area contributed by atoms with Gasteiger partial charge >= 0.3 is 0 Å². The van der Waals surface area contributed by atoms with E-state index >= 15 is 0 Å². The largest absolute Gasteiger partial charge is 0.496 e. The third-order valence-electron chi connectivity index (χ3n) is 3.22. The lowest BCUT2D eigenvalue weighted by Gasteiger charge is -2.17. The zero-order valence-electron chi connectivity index (χ0n) is 12.6. The van der Waals surface area contributed by atoms with Gasteiger partial charge in [0.05, 0.1) is 18.9 Å². The van der Waals surface area contributed by atoms with Crippen LogP contribution in [0.4, 0.5) is 0 Å². The molecule has 0 aliphatic carbocycles. The molecule has 0 saturated heterocycles. The van der Waals surface area contributed by atoms with Crippen molar-refractivity contribution in [3.8, 4) is 5.75 Å². The number of nitrogens with zero attached hydrogens (tertiary/aromatic N) is 3. The van der Waals surface area contributed by atoms with Gasteiger partial charge in [-0.15, -0.1) is 0 Å². The first-order valence-corrected chi connectivity index (χ1v) is 6.67. The van der Waals surface area contributed by atoms with Crippen molar-refractivity contribution in [2.75, 3.05) is 14.2 Å². The molecule has 0 unspecified atom stereocenters. The van der Waals surface area contributed by atoms with Crippen molar-refractivity contribution in [1.29, 1.82) is 5.41 Å². The van der Waals surface area contributed by atoms with Crippen LogP contribution in [0, 0.1) is 5.41 Å². The first-order chi connectivity index (χ1) is 9.99. The van der Waals surface area contributed by atoms with E-state index in [0.29, 0.717) is 11.3 Å². The third-order valence-corrected chi connectivity index (χ3v) is 3.22. The second-order valence-corrected chi connectivity index (χ2v) is 5.14. The highest BCUT2D eigenvalue weighted by Gasteiger charge is 2.09. The number of nitrogens with one attached hydrogen (secondary N) is 1. The molecule has 1 aromatic heterocycles. The minimum Gasteiger partial charge on any atom is -0.496 e. The fourth-order valence-corrected chi connectivity index (χ4v) is 2.29. The molecule has 0 aliphatic rings. The van der Waals surface area contributed by atoms with Crippen LogP contribution < -0.4 is 10.5 Å². The molecule has 0 bridgehead atoms. The normalized spacial score (nSPS) is 10.9. The summed E-state index contributed by atoms with van der Waals surface area (Å²) >= 11 is 0. The smallest absolute Gasteiger partial charge is 0.130 e. The summed E-state index contributed by atoms with van der Waals surface area (Å²) in [4.78, 5) is 2.19. The Morgan fingerprint density at radius 2 is 2.10 bits per heavy atom. The molecule has 112 valence electrons. The number of hydrogen-bond donors (Lipinski definition) is 2. The number of nitrogens with two attached hydrogens (primary N) is 1. The Labute approximate surface area is 124 Å². The monoisotopic (exact) mass is 287 g/mol. The molecule has 6 heteroatoms. The Hall–Kier alpha value is -2.34. The van der Waals surface area contributed by atoms with E-state index in [1.807, 2.05) is 37.6 Å². The van der Waals surface area contributed by atoms with Gasteiger partial charge in [-0.3, -0.25) is 15.0 Å². The van der Waals surface area contributed by atoms with Gasteiger partial charge in [-0.05, 0) is 24.7 Å². The van der Waals surface area contributed by atoms with Crippen molar-refractivity contribution in [3.05, 3.63) is 47.3 Å². The van der Waals surface area contributed by atoms with Crippen LogP contribution in [-0.2, 0) is 20.1 Å². The predicted molar refractivity (Wildman–Crippen MR) is 82.4 cm³/mol. The molecule has 0 radical (unpaired) electrons. The summed E-state index contributed by atoms with van der Waals surface area (Å²) < 4.78 is 7.10. The highest BCUT2D eigenvalue weighted by Crippen LogP contribution is 2.20. The summed E-state index contributed by atoms with van der Waals surface area (Å²) in [7, 11) is 5.55. The van der Waals surface area contributed by atoms with Gasteiger partial charge in [0.15, 0.2) is 0 Å². The lowest BCUT2D eigenvalue weighted by Crippen LogP contribution is -2.18. The van der Waals surface area contributed by atoms with Crippen LogP contribution in [0.3, 0.4) is 0 Å². The molecule has 0 amide bonds. The summed E-state index contributed by atoms with van der Waals surface area (Å²) in [5.41, 5.74) is 8.44. The summed E-state index contributed by atoms with van der Waals surface area (Å²) in [5, 5.41) is 11.7. The Morgan fingerprint density at radius 3 is 2.67 bits per heavy atom. The molecule has 3 N–H and O–H groups in total. The van der Waals surface area contributed by atoms with E-state index in [4.69, 9.17) is 15.9 Å². The Bertz CT molecular complexity index is 635. The van der Waals surface area contributed by atoms with Crippen molar-refractivity contribution < 1.29 is 4.74 Å². The molecule has 0 atom stereocenters. The number of nitrogen functional groups attached to an aromatic ring is 1. The van der Waals surface area contributed by atoms with E-state index < -0.39 is 0 Å². The first-order valence-electron chi connectivity index (χ1n) is 6.67. The van der Waals surface area contributed by atoms with E-state index in [9.17, 15) is 0 Å². The van der Waals surface area contributed by atoms with Gasteiger partial charge in [-0.2, -0.15) is 5.10 Å². The molecule has 21 heavy (non-hydrogen) atoms. The van der Waals surface area contributed by atoms with Crippen molar-refractivity contribution in [2.45, 2.75) is 13.1 Å². The topological polar surface area (TPSA) is 80.2 Å². The number of methoxy groups -OCH3 is 1. The van der Waals surface area contributed by atoms with E-state index in [1.165, 1.54) is 5.56 Å². The van der Waals surface area contributed by atoms with E-state index in [1.54, 1.807) is 11.8 Å². The molecule has 2 aromatic rings. The van der Waals surface area contributed by atoms with E-state index in [2.05, 4.69) is 17.0 Å². The molecule has 0 saturated carbocycles. The molecule has 0 spiro atoms. The molecule has 1 aromatic carbocycles. The molecule has 0 aliphatic heterocycles. The predicted octanol–water partition coefficient (Wildman–Crippen LogP) is 1.34. The average Bonchev–Trinajstić information content (AvgIpc) is 2.83. The van der Waals surface area contributed by atoms with Gasteiger partial charge in [0.2, 0.25) is 0 Å². The third kappa shape index (κ3) is 3.82. The van der Waals surface area contributed by atoms with Crippen molar-refractivity contribution in [2.24, 2.45) is 12.8 Å². The maximum absolute atomic E-state index is 7.52. The molecule has 1 heterocycles. The number of rotatable bonds is 6. The number of hydrogen-bond acceptors (Lipinski definition) is 4. The van der Waals surface area contributed by atoms with Crippen LogP contribution in [0.25, 0.3) is 0 Å². The lowest BCUT2D eigenvalue weighted by molar-refractivity contribution is 0.318. The van der Waals surface area contributed by atoms with Crippen LogP contribution in [0.2, 0.25) is 0 Å². The summed E-state index contributed by atoms with van der Waals surface area (Å²) in [6.45, 7) is 1.61. The zero-order chi connectivity index (χ0) is 15.4. The second-order valence-electron chi connectivity index (χ2n) is 5.14.